The van der Waals surface area contributed by atoms with E-state index in [2.05, 4.69) is 22.5 Å². The van der Waals surface area contributed by atoms with Crippen LogP contribution in [-0.4, -0.2) is 22.2 Å². The summed E-state index contributed by atoms with van der Waals surface area (Å²) in [6.45, 7) is 4.18. The fourth-order valence-corrected chi connectivity index (χ4v) is 3.36. The third kappa shape index (κ3) is 3.62. The van der Waals surface area contributed by atoms with Gasteiger partial charge in [0, 0.05) is 44.4 Å². The molecule has 2 aromatic rings. The average Bonchev–Trinajstić information content (AvgIpc) is 2.82. The fraction of sp³-hybridized carbons (Fsp3) is 0.444. The van der Waals surface area contributed by atoms with Gasteiger partial charge in [0.25, 0.3) is 0 Å². The van der Waals surface area contributed by atoms with Gasteiger partial charge >= 0.3 is 0 Å². The largest absolute Gasteiger partial charge is 0.312 e. The molecule has 128 valence electrons. The summed E-state index contributed by atoms with van der Waals surface area (Å²) in [6.07, 6.45) is 2.73. The molecule has 0 spiro atoms. The minimum Gasteiger partial charge on any atom is -0.312 e. The molecule has 1 amide bonds. The van der Waals surface area contributed by atoms with Crippen LogP contribution in [0.1, 0.15) is 36.1 Å². The van der Waals surface area contributed by atoms with Gasteiger partial charge in [-0.25, -0.2) is 0 Å². The molecule has 2 heterocycles. The second-order valence-corrected chi connectivity index (χ2v) is 6.61. The lowest BCUT2D eigenvalue weighted by molar-refractivity contribution is -0.119. The molecule has 24 heavy (non-hydrogen) atoms. The van der Waals surface area contributed by atoms with Crippen LogP contribution in [0.4, 0.5) is 5.69 Å². The van der Waals surface area contributed by atoms with E-state index >= 15 is 0 Å². The molecule has 0 saturated carbocycles. The lowest BCUT2D eigenvalue weighted by atomic mass is 10.1. The van der Waals surface area contributed by atoms with Crippen molar-refractivity contribution in [2.45, 2.75) is 39.3 Å². The van der Waals surface area contributed by atoms with Crippen LogP contribution in [0.5, 0.6) is 0 Å². The molecule has 1 aromatic heterocycles. The Morgan fingerprint density at radius 3 is 2.83 bits per heavy atom. The van der Waals surface area contributed by atoms with E-state index in [9.17, 15) is 4.79 Å². The number of benzene rings is 1. The van der Waals surface area contributed by atoms with Crippen molar-refractivity contribution in [3.63, 3.8) is 0 Å². The molecule has 0 bridgehead atoms. The van der Waals surface area contributed by atoms with Crippen LogP contribution in [-0.2, 0) is 24.9 Å². The molecule has 1 aromatic carbocycles. The van der Waals surface area contributed by atoms with Crippen molar-refractivity contribution < 1.29 is 4.79 Å². The Hall–Kier alpha value is -1.85. The number of hydrogen-bond donors (Lipinski definition) is 1. The monoisotopic (exact) mass is 346 g/mol. The van der Waals surface area contributed by atoms with Crippen LogP contribution < -0.4 is 10.2 Å². The van der Waals surface area contributed by atoms with Gasteiger partial charge in [0.2, 0.25) is 5.91 Å². The first-order valence-electron chi connectivity index (χ1n) is 8.34. The third-order valence-corrected chi connectivity index (χ3v) is 4.92. The van der Waals surface area contributed by atoms with Crippen molar-refractivity contribution in [2.75, 3.05) is 11.4 Å². The fourth-order valence-electron chi connectivity index (χ4n) is 3.12. The number of aryl methyl sites for hydroxylation is 2. The van der Waals surface area contributed by atoms with Crippen LogP contribution in [0.3, 0.4) is 0 Å². The van der Waals surface area contributed by atoms with Gasteiger partial charge in [-0.05, 0) is 37.5 Å². The number of piperidine rings is 1. The maximum atomic E-state index is 12.1. The van der Waals surface area contributed by atoms with Crippen molar-refractivity contribution in [2.24, 2.45) is 7.05 Å². The van der Waals surface area contributed by atoms with Gasteiger partial charge < -0.3 is 10.2 Å². The Kier molecular flexibility index (Phi) is 5.21. The summed E-state index contributed by atoms with van der Waals surface area (Å²) in [5.74, 6) is 0.226. The van der Waals surface area contributed by atoms with E-state index in [1.54, 1.807) is 4.68 Å². The topological polar surface area (TPSA) is 50.2 Å². The number of amides is 1. The number of rotatable bonds is 5. The number of carbonyl (C=O) groups is 1. The summed E-state index contributed by atoms with van der Waals surface area (Å²) in [5, 5.41) is 8.41. The predicted molar refractivity (Wildman–Crippen MR) is 96.1 cm³/mol. The van der Waals surface area contributed by atoms with Crippen LogP contribution in [0.25, 0.3) is 0 Å². The molecule has 1 fully saturated rings. The van der Waals surface area contributed by atoms with Crippen LogP contribution in [0.2, 0.25) is 5.15 Å². The Balaban J connectivity index is 1.63. The van der Waals surface area contributed by atoms with Gasteiger partial charge in [0.05, 0.1) is 5.69 Å². The van der Waals surface area contributed by atoms with E-state index in [1.807, 2.05) is 31.0 Å². The Labute approximate surface area is 147 Å². The molecule has 6 heteroatoms. The highest BCUT2D eigenvalue weighted by Crippen LogP contribution is 2.22. The Morgan fingerprint density at radius 1 is 1.29 bits per heavy atom. The maximum Gasteiger partial charge on any atom is 0.226 e. The van der Waals surface area contributed by atoms with E-state index in [0.29, 0.717) is 18.1 Å². The summed E-state index contributed by atoms with van der Waals surface area (Å²) in [6, 6.07) is 8.18. The van der Waals surface area contributed by atoms with Crippen molar-refractivity contribution in [3.05, 3.63) is 46.2 Å². The van der Waals surface area contributed by atoms with Gasteiger partial charge in [0.15, 0.2) is 0 Å². The highest BCUT2D eigenvalue weighted by molar-refractivity contribution is 6.30. The number of hydrogen-bond acceptors (Lipinski definition) is 3. The first kappa shape index (κ1) is 17.0. The predicted octanol–water partition coefficient (Wildman–Crippen LogP) is 3.19. The summed E-state index contributed by atoms with van der Waals surface area (Å²) >= 11 is 6.25. The number of nitrogens with zero attached hydrogens (tertiary/aromatic N) is 3. The second-order valence-electron chi connectivity index (χ2n) is 6.25. The molecule has 3 rings (SSSR count). The van der Waals surface area contributed by atoms with Crippen molar-refractivity contribution in [1.29, 1.82) is 0 Å². The number of halogens is 1. The van der Waals surface area contributed by atoms with Gasteiger partial charge in [-0.3, -0.25) is 9.48 Å². The van der Waals surface area contributed by atoms with E-state index in [1.165, 1.54) is 0 Å². The molecule has 1 aliphatic rings. The van der Waals surface area contributed by atoms with Gasteiger partial charge in [-0.2, -0.15) is 5.10 Å². The van der Waals surface area contributed by atoms with Crippen LogP contribution in [0.15, 0.2) is 24.3 Å². The molecule has 1 saturated heterocycles. The smallest absolute Gasteiger partial charge is 0.226 e. The van der Waals surface area contributed by atoms with Crippen molar-refractivity contribution >= 4 is 23.2 Å². The van der Waals surface area contributed by atoms with Crippen LogP contribution in [0, 0.1) is 6.92 Å². The third-order valence-electron chi connectivity index (χ3n) is 4.45. The summed E-state index contributed by atoms with van der Waals surface area (Å²) < 4.78 is 1.69. The molecule has 0 atom stereocenters. The van der Waals surface area contributed by atoms with E-state index in [4.69, 9.17) is 11.6 Å². The first-order valence-corrected chi connectivity index (χ1v) is 8.72. The summed E-state index contributed by atoms with van der Waals surface area (Å²) in [7, 11) is 1.85. The normalized spacial score (nSPS) is 15.1. The highest BCUT2D eigenvalue weighted by Gasteiger charge is 2.19. The zero-order valence-electron chi connectivity index (χ0n) is 14.2. The minimum absolute atomic E-state index is 0.226. The zero-order chi connectivity index (χ0) is 17.1. The number of aromatic nitrogens is 2. The molecule has 5 nitrogen and oxygen atoms in total. The Morgan fingerprint density at radius 2 is 2.12 bits per heavy atom. The van der Waals surface area contributed by atoms with E-state index < -0.39 is 0 Å². The van der Waals surface area contributed by atoms with E-state index in [0.717, 1.165) is 48.4 Å². The minimum atomic E-state index is 0.226. The standard InChI is InChI=1S/C18H23ClN4O/c1-13-16(18(19)22(2)21-13)12-20-11-14-6-5-7-15(10-14)23-9-4-3-8-17(23)24/h5-7,10,20H,3-4,8-9,11-12H2,1-2H3. The average molecular weight is 347 g/mol. The maximum absolute atomic E-state index is 12.1. The second kappa shape index (κ2) is 7.36. The molecule has 0 aliphatic carbocycles. The van der Waals surface area contributed by atoms with Gasteiger partial charge in [-0.1, -0.05) is 23.7 Å². The summed E-state index contributed by atoms with van der Waals surface area (Å²) in [4.78, 5) is 14.0. The van der Waals surface area contributed by atoms with E-state index in [-0.39, 0.29) is 5.91 Å². The van der Waals surface area contributed by atoms with Gasteiger partial charge in [0.1, 0.15) is 5.15 Å². The molecule has 1 N–H and O–H groups in total. The lowest BCUT2D eigenvalue weighted by Gasteiger charge is -2.27. The number of anilines is 1. The van der Waals surface area contributed by atoms with Gasteiger partial charge in [-0.15, -0.1) is 0 Å². The SMILES string of the molecule is Cc1nn(C)c(Cl)c1CNCc1cccc(N2CCCCC2=O)c1. The first-order chi connectivity index (χ1) is 11.6. The summed E-state index contributed by atoms with van der Waals surface area (Å²) in [5.41, 5.74) is 4.13. The Bertz CT molecular complexity index is 741. The van der Waals surface area contributed by atoms with Crippen molar-refractivity contribution in [1.82, 2.24) is 15.1 Å². The molecule has 0 radical (unpaired) electrons. The number of nitrogens with one attached hydrogen (secondary N) is 1. The molecular formula is C18H23ClN4O. The highest BCUT2D eigenvalue weighted by atomic mass is 35.5. The zero-order valence-corrected chi connectivity index (χ0v) is 14.9. The van der Waals surface area contributed by atoms with Crippen molar-refractivity contribution in [3.8, 4) is 0 Å². The molecular weight excluding hydrogens is 324 g/mol. The van der Waals surface area contributed by atoms with Crippen LogP contribution >= 0.6 is 11.6 Å². The molecule has 0 unspecified atom stereocenters. The number of carbonyl (C=O) groups excluding carboxylic acids is 1. The molecule has 1 aliphatic heterocycles. The lowest BCUT2D eigenvalue weighted by Crippen LogP contribution is -2.35. The quantitative estimate of drug-likeness (QED) is 0.904.